The van der Waals surface area contributed by atoms with E-state index >= 15 is 0 Å². The summed E-state index contributed by atoms with van der Waals surface area (Å²) in [4.78, 5) is 10.9. The van der Waals surface area contributed by atoms with Gasteiger partial charge in [-0.15, -0.1) is 0 Å². The summed E-state index contributed by atoms with van der Waals surface area (Å²) in [5, 5.41) is 0. The van der Waals surface area contributed by atoms with Crippen molar-refractivity contribution in [2.75, 3.05) is 6.61 Å². The van der Waals surface area contributed by atoms with E-state index in [2.05, 4.69) is 25.7 Å². The lowest BCUT2D eigenvalue weighted by molar-refractivity contribution is -0.137. The Morgan fingerprint density at radius 1 is 0.692 bits per heavy atom. The Morgan fingerprint density at radius 3 is 1.46 bits per heavy atom. The van der Waals surface area contributed by atoms with Gasteiger partial charge < -0.3 is 4.74 Å². The predicted octanol–water partition coefficient (Wildman–Crippen LogP) is 7.92. The molecule has 0 aromatic rings. The van der Waals surface area contributed by atoms with E-state index in [4.69, 9.17) is 4.74 Å². The molecule has 0 unspecified atom stereocenters. The number of hydrogen-bond donors (Lipinski definition) is 0. The van der Waals surface area contributed by atoms with Gasteiger partial charge in [0.25, 0.3) is 0 Å². The topological polar surface area (TPSA) is 26.3 Å². The number of allylic oxidation sites excluding steroid dienone is 2. The van der Waals surface area contributed by atoms with E-state index in [0.29, 0.717) is 6.61 Å². The molecule has 0 saturated carbocycles. The molecule has 0 atom stereocenters. The minimum Gasteiger partial charge on any atom is -0.463 e. The fourth-order valence-corrected chi connectivity index (χ4v) is 3.24. The monoisotopic (exact) mass is 364 g/mol. The number of ether oxygens (including phenoxy) is 1. The Morgan fingerprint density at radius 2 is 1.08 bits per heavy atom. The maximum atomic E-state index is 10.9. The summed E-state index contributed by atoms with van der Waals surface area (Å²) in [7, 11) is 0. The van der Waals surface area contributed by atoms with Crippen LogP contribution in [0.4, 0.5) is 0 Å². The van der Waals surface area contributed by atoms with Crippen molar-refractivity contribution in [1.82, 2.24) is 0 Å². The number of unbranched alkanes of at least 4 members (excludes halogenated alkanes) is 16. The van der Waals surface area contributed by atoms with Gasteiger partial charge in [-0.05, 0) is 26.2 Å². The second kappa shape index (κ2) is 22.0. The van der Waals surface area contributed by atoms with Crippen LogP contribution in [0.2, 0.25) is 0 Å². The molecule has 152 valence electrons. The summed E-state index contributed by atoms with van der Waals surface area (Å²) in [6.45, 7) is 6.04. The molecule has 2 nitrogen and oxygen atoms in total. The van der Waals surface area contributed by atoms with Crippen molar-refractivity contribution in [2.45, 2.75) is 116 Å². The lowest BCUT2D eigenvalue weighted by atomic mass is 10.0. The first-order valence-corrected chi connectivity index (χ1v) is 11.2. The second-order valence-electron chi connectivity index (χ2n) is 7.39. The normalized spacial score (nSPS) is 11.1. The van der Waals surface area contributed by atoms with E-state index in [0.717, 1.165) is 6.42 Å². The average Bonchev–Trinajstić information content (AvgIpc) is 2.66. The van der Waals surface area contributed by atoms with E-state index in [1.165, 1.54) is 109 Å². The first-order chi connectivity index (χ1) is 12.8. The maximum absolute atomic E-state index is 10.9. The van der Waals surface area contributed by atoms with Gasteiger partial charge >= 0.3 is 5.97 Å². The summed E-state index contributed by atoms with van der Waals surface area (Å²) in [5.41, 5.74) is 0. The fourth-order valence-electron chi connectivity index (χ4n) is 3.24. The Hall–Kier alpha value is -1.05. The molecule has 0 fully saturated rings. The van der Waals surface area contributed by atoms with Crippen LogP contribution in [-0.2, 0) is 9.53 Å². The number of rotatable bonds is 20. The third kappa shape index (κ3) is 21.0. The first-order valence-electron chi connectivity index (χ1n) is 11.2. The van der Waals surface area contributed by atoms with Gasteiger partial charge in [0.05, 0.1) is 6.61 Å². The van der Waals surface area contributed by atoms with Crippen LogP contribution in [0.25, 0.3) is 0 Å². The quantitative estimate of drug-likeness (QED) is 0.0948. The third-order valence-electron chi connectivity index (χ3n) is 4.91. The molecule has 26 heavy (non-hydrogen) atoms. The summed E-state index contributed by atoms with van der Waals surface area (Å²) in [5.74, 6) is -0.301. The molecule has 0 aliphatic carbocycles. The van der Waals surface area contributed by atoms with Crippen molar-refractivity contribution >= 4 is 5.97 Å². The molecule has 0 aromatic carbocycles. The van der Waals surface area contributed by atoms with Crippen LogP contribution in [0.3, 0.4) is 0 Å². The molecule has 0 bridgehead atoms. The van der Waals surface area contributed by atoms with Crippen molar-refractivity contribution in [1.29, 1.82) is 0 Å². The van der Waals surface area contributed by atoms with Crippen molar-refractivity contribution in [3.05, 3.63) is 24.8 Å². The smallest absolute Gasteiger partial charge is 0.330 e. The predicted molar refractivity (Wildman–Crippen MR) is 114 cm³/mol. The molecule has 0 spiro atoms. The Labute approximate surface area is 163 Å². The molecular weight excluding hydrogens is 320 g/mol. The molecular formula is C24H44O2. The molecule has 2 heteroatoms. The Balaban J connectivity index is 3.03. The number of carbonyl (C=O) groups excluding carboxylic acids is 1. The highest BCUT2D eigenvalue weighted by molar-refractivity contribution is 5.81. The summed E-state index contributed by atoms with van der Waals surface area (Å²) >= 11 is 0. The van der Waals surface area contributed by atoms with Crippen molar-refractivity contribution in [3.63, 3.8) is 0 Å². The highest BCUT2D eigenvalue weighted by Gasteiger charge is 1.96. The molecule has 0 aliphatic heterocycles. The van der Waals surface area contributed by atoms with Crippen LogP contribution in [0.5, 0.6) is 0 Å². The molecule has 0 saturated heterocycles. The SMILES string of the molecule is C=CC(=O)OCCCCCCCCCCCCCCCCCC/C=C/C. The van der Waals surface area contributed by atoms with Gasteiger partial charge in [-0.1, -0.05) is 109 Å². The van der Waals surface area contributed by atoms with Crippen molar-refractivity contribution in [2.24, 2.45) is 0 Å². The van der Waals surface area contributed by atoms with Crippen molar-refractivity contribution in [3.8, 4) is 0 Å². The highest BCUT2D eigenvalue weighted by Crippen LogP contribution is 2.14. The lowest BCUT2D eigenvalue weighted by Gasteiger charge is -2.04. The van der Waals surface area contributed by atoms with Crippen LogP contribution in [0, 0.1) is 0 Å². The molecule has 0 rings (SSSR count). The van der Waals surface area contributed by atoms with Crippen molar-refractivity contribution < 1.29 is 9.53 Å². The van der Waals surface area contributed by atoms with Gasteiger partial charge in [-0.2, -0.15) is 0 Å². The second-order valence-corrected chi connectivity index (χ2v) is 7.39. The third-order valence-corrected chi connectivity index (χ3v) is 4.91. The average molecular weight is 365 g/mol. The van der Waals surface area contributed by atoms with E-state index in [1.807, 2.05) is 0 Å². The summed E-state index contributed by atoms with van der Waals surface area (Å²) in [6, 6.07) is 0. The van der Waals surface area contributed by atoms with Gasteiger partial charge in [0.2, 0.25) is 0 Å². The molecule has 0 N–H and O–H groups in total. The van der Waals surface area contributed by atoms with E-state index in [9.17, 15) is 4.79 Å². The minimum absolute atomic E-state index is 0.301. The van der Waals surface area contributed by atoms with Gasteiger partial charge in [-0.3, -0.25) is 0 Å². The lowest BCUT2D eigenvalue weighted by Crippen LogP contribution is -2.01. The van der Waals surface area contributed by atoms with Crippen LogP contribution in [0.15, 0.2) is 24.8 Å². The molecule has 0 amide bonds. The summed E-state index contributed by atoms with van der Waals surface area (Å²) < 4.78 is 4.96. The number of hydrogen-bond acceptors (Lipinski definition) is 2. The molecule has 0 aromatic heterocycles. The minimum atomic E-state index is -0.301. The van der Waals surface area contributed by atoms with Gasteiger partial charge in [-0.25, -0.2) is 4.79 Å². The standard InChI is InChI=1S/C24H44O2/c1-3-5-6-7-8-9-10-11-12-13-14-15-16-17-18-19-20-21-22-23-26-24(25)4-2/h3-5H,2,6-23H2,1H3/b5-3+. The van der Waals surface area contributed by atoms with Crippen LogP contribution in [0.1, 0.15) is 116 Å². The van der Waals surface area contributed by atoms with Crippen LogP contribution < -0.4 is 0 Å². The largest absolute Gasteiger partial charge is 0.463 e. The van der Waals surface area contributed by atoms with Gasteiger partial charge in [0.15, 0.2) is 0 Å². The summed E-state index contributed by atoms with van der Waals surface area (Å²) in [6.07, 6.45) is 28.6. The van der Waals surface area contributed by atoms with Gasteiger partial charge in [0.1, 0.15) is 0 Å². The van der Waals surface area contributed by atoms with Crippen LogP contribution >= 0.6 is 0 Å². The zero-order valence-electron chi connectivity index (χ0n) is 17.5. The molecule has 0 aliphatic rings. The van der Waals surface area contributed by atoms with Crippen LogP contribution in [-0.4, -0.2) is 12.6 Å². The van der Waals surface area contributed by atoms with Gasteiger partial charge in [0, 0.05) is 6.08 Å². The fraction of sp³-hybridized carbons (Fsp3) is 0.792. The first kappa shape index (κ1) is 24.9. The van der Waals surface area contributed by atoms with E-state index in [-0.39, 0.29) is 5.97 Å². The zero-order chi connectivity index (χ0) is 19.1. The Bertz CT molecular complexity index is 333. The number of esters is 1. The van der Waals surface area contributed by atoms with E-state index < -0.39 is 0 Å². The van der Waals surface area contributed by atoms with E-state index in [1.54, 1.807) is 0 Å². The Kier molecular flexibility index (Phi) is 21.1. The molecule has 0 radical (unpaired) electrons. The highest BCUT2D eigenvalue weighted by atomic mass is 16.5. The zero-order valence-corrected chi connectivity index (χ0v) is 17.5. The molecule has 0 heterocycles. The maximum Gasteiger partial charge on any atom is 0.330 e. The number of carbonyl (C=O) groups is 1.